The zero-order valence-corrected chi connectivity index (χ0v) is 24.7. The van der Waals surface area contributed by atoms with Crippen molar-refractivity contribution >= 4 is 34.9 Å². The SMILES string of the molecule is C.COc1cccc(F)c1C1=NCc2cnc(Nc3cccc(C(=O)N(C)CCCN(C)C)c3)nc2-c2ccc(Cl)cc21. The van der Waals surface area contributed by atoms with Gasteiger partial charge in [-0.3, -0.25) is 9.79 Å². The maximum Gasteiger partial charge on any atom is 0.253 e. The summed E-state index contributed by atoms with van der Waals surface area (Å²) in [5.74, 6) is 0.220. The molecule has 0 saturated carbocycles. The number of aliphatic imine (C=N–C) groups is 1. The number of aromatic nitrogens is 2. The van der Waals surface area contributed by atoms with Crippen molar-refractivity contribution in [3.05, 3.63) is 100.0 Å². The Balaban J connectivity index is 0.00000423. The summed E-state index contributed by atoms with van der Waals surface area (Å²) in [6.45, 7) is 1.80. The normalized spacial score (nSPS) is 11.9. The highest BCUT2D eigenvalue weighted by Crippen LogP contribution is 2.36. The first-order valence-corrected chi connectivity index (χ1v) is 13.9. The monoisotopic (exact) mass is 602 g/mol. The topological polar surface area (TPSA) is 83.0 Å². The molecule has 0 saturated heterocycles. The molecular formula is C33H36ClFN6O2. The van der Waals surface area contributed by atoms with Crippen LogP contribution in [0.5, 0.6) is 5.75 Å². The summed E-state index contributed by atoms with van der Waals surface area (Å²) in [6, 6.07) is 17.3. The smallest absolute Gasteiger partial charge is 0.253 e. The minimum Gasteiger partial charge on any atom is -0.496 e. The molecular weight excluding hydrogens is 567 g/mol. The van der Waals surface area contributed by atoms with Gasteiger partial charge < -0.3 is 19.9 Å². The van der Waals surface area contributed by atoms with Crippen LogP contribution in [0.25, 0.3) is 11.3 Å². The number of carbonyl (C=O) groups is 1. The number of nitrogens with one attached hydrogen (secondary N) is 1. The van der Waals surface area contributed by atoms with Crippen LogP contribution in [-0.4, -0.2) is 72.7 Å². The molecule has 0 unspecified atom stereocenters. The molecule has 1 aliphatic rings. The van der Waals surface area contributed by atoms with Gasteiger partial charge in [0, 0.05) is 52.8 Å². The average molecular weight is 603 g/mol. The second-order valence-electron chi connectivity index (χ2n) is 10.3. The maximum atomic E-state index is 15.2. The van der Waals surface area contributed by atoms with E-state index < -0.39 is 5.82 Å². The van der Waals surface area contributed by atoms with Gasteiger partial charge in [0.05, 0.1) is 30.6 Å². The molecule has 8 nitrogen and oxygen atoms in total. The molecule has 1 N–H and O–H groups in total. The molecule has 224 valence electrons. The average Bonchev–Trinajstić information content (AvgIpc) is 3.12. The Hall–Kier alpha value is -4.34. The first-order chi connectivity index (χ1) is 20.2. The molecule has 0 atom stereocenters. The summed E-state index contributed by atoms with van der Waals surface area (Å²) in [4.78, 5) is 31.0. The molecule has 1 aromatic heterocycles. The number of fused-ring (bicyclic) bond motifs is 3. The second-order valence-corrected chi connectivity index (χ2v) is 10.8. The van der Waals surface area contributed by atoms with Crippen molar-refractivity contribution in [2.75, 3.05) is 46.7 Å². The van der Waals surface area contributed by atoms with E-state index in [1.807, 2.05) is 39.3 Å². The van der Waals surface area contributed by atoms with Gasteiger partial charge in [-0.05, 0) is 69.5 Å². The van der Waals surface area contributed by atoms with E-state index in [1.54, 1.807) is 47.5 Å². The molecule has 1 aliphatic heterocycles. The number of hydrogen-bond acceptors (Lipinski definition) is 7. The van der Waals surface area contributed by atoms with Crippen molar-refractivity contribution in [3.63, 3.8) is 0 Å². The molecule has 0 bridgehead atoms. The standard InChI is InChI=1S/C32H32ClFN6O2.CH4/c1-39(2)14-7-15-40(3)31(41)20-8-5-9-23(16-20)37-32-36-19-21-18-35-30(28-26(34)10-6-11-27(28)42-4)25-17-22(33)12-13-24(25)29(21)38-32;/h5-6,8-13,16-17,19H,7,14-15,18H2,1-4H3,(H,36,37,38);1H4. The van der Waals surface area contributed by atoms with Crippen LogP contribution in [-0.2, 0) is 6.54 Å². The quantitative estimate of drug-likeness (QED) is 0.230. The number of amides is 1. The van der Waals surface area contributed by atoms with Gasteiger partial charge in [-0.2, -0.15) is 0 Å². The Morgan fingerprint density at radius 1 is 1.05 bits per heavy atom. The van der Waals surface area contributed by atoms with Crippen LogP contribution >= 0.6 is 11.6 Å². The lowest BCUT2D eigenvalue weighted by Gasteiger charge is -2.19. The molecule has 0 aliphatic carbocycles. The van der Waals surface area contributed by atoms with Crippen molar-refractivity contribution < 1.29 is 13.9 Å². The Morgan fingerprint density at radius 3 is 2.60 bits per heavy atom. The van der Waals surface area contributed by atoms with Gasteiger partial charge in [0.2, 0.25) is 5.95 Å². The Bertz CT molecular complexity index is 1660. The largest absolute Gasteiger partial charge is 0.496 e. The van der Waals surface area contributed by atoms with E-state index in [2.05, 4.69) is 15.2 Å². The fraction of sp³-hybridized carbons (Fsp3) is 0.273. The molecule has 4 aromatic rings. The molecule has 2 heterocycles. The Labute approximate surface area is 257 Å². The number of carbonyl (C=O) groups excluding carboxylic acids is 1. The first-order valence-electron chi connectivity index (χ1n) is 13.6. The predicted octanol–water partition coefficient (Wildman–Crippen LogP) is 6.70. The van der Waals surface area contributed by atoms with Crippen molar-refractivity contribution in [2.45, 2.75) is 20.4 Å². The lowest BCUT2D eigenvalue weighted by Crippen LogP contribution is -2.29. The number of hydrogen-bond donors (Lipinski definition) is 1. The van der Waals surface area contributed by atoms with Crippen LogP contribution in [0.4, 0.5) is 16.0 Å². The Morgan fingerprint density at radius 2 is 1.84 bits per heavy atom. The van der Waals surface area contributed by atoms with Gasteiger partial charge in [0.15, 0.2) is 0 Å². The summed E-state index contributed by atoms with van der Waals surface area (Å²) in [5.41, 5.74) is 4.74. The van der Waals surface area contributed by atoms with Crippen LogP contribution in [0.3, 0.4) is 0 Å². The lowest BCUT2D eigenvalue weighted by atomic mass is 9.94. The van der Waals surface area contributed by atoms with E-state index in [4.69, 9.17) is 26.3 Å². The molecule has 0 fully saturated rings. The predicted molar refractivity (Wildman–Crippen MR) is 171 cm³/mol. The zero-order valence-electron chi connectivity index (χ0n) is 24.0. The maximum absolute atomic E-state index is 15.2. The molecule has 0 radical (unpaired) electrons. The van der Waals surface area contributed by atoms with Crippen LogP contribution in [0, 0.1) is 5.82 Å². The number of anilines is 2. The Kier molecular flexibility index (Phi) is 10.1. The molecule has 5 rings (SSSR count). The molecule has 43 heavy (non-hydrogen) atoms. The third kappa shape index (κ3) is 7.01. The van der Waals surface area contributed by atoms with E-state index in [0.29, 0.717) is 51.5 Å². The van der Waals surface area contributed by atoms with Crippen molar-refractivity contribution in [2.24, 2.45) is 4.99 Å². The van der Waals surface area contributed by atoms with Crippen LogP contribution in [0.2, 0.25) is 5.02 Å². The van der Waals surface area contributed by atoms with Crippen LogP contribution < -0.4 is 10.1 Å². The second kappa shape index (κ2) is 13.8. The highest BCUT2D eigenvalue weighted by Gasteiger charge is 2.25. The van der Waals surface area contributed by atoms with Gasteiger partial charge in [0.1, 0.15) is 11.6 Å². The lowest BCUT2D eigenvalue weighted by molar-refractivity contribution is 0.0790. The highest BCUT2D eigenvalue weighted by atomic mass is 35.5. The van der Waals surface area contributed by atoms with Crippen molar-refractivity contribution in [1.29, 1.82) is 0 Å². The molecule has 10 heteroatoms. The van der Waals surface area contributed by atoms with E-state index in [-0.39, 0.29) is 25.4 Å². The highest BCUT2D eigenvalue weighted by molar-refractivity contribution is 6.31. The molecule has 1 amide bonds. The van der Waals surface area contributed by atoms with Crippen molar-refractivity contribution in [3.8, 4) is 17.0 Å². The number of methoxy groups -OCH3 is 1. The summed E-state index contributed by atoms with van der Waals surface area (Å²) in [6.07, 6.45) is 2.60. The molecule has 3 aromatic carbocycles. The van der Waals surface area contributed by atoms with Gasteiger partial charge in [-0.25, -0.2) is 14.4 Å². The number of halogens is 2. The van der Waals surface area contributed by atoms with E-state index in [1.165, 1.54) is 13.2 Å². The van der Waals surface area contributed by atoms with Gasteiger partial charge in [-0.1, -0.05) is 37.2 Å². The fourth-order valence-corrected chi connectivity index (χ4v) is 5.08. The summed E-state index contributed by atoms with van der Waals surface area (Å²) >= 11 is 6.41. The minimum atomic E-state index is -0.448. The number of nitrogens with zero attached hydrogens (tertiary/aromatic N) is 5. The molecule has 0 spiro atoms. The third-order valence-electron chi connectivity index (χ3n) is 7.01. The van der Waals surface area contributed by atoms with E-state index >= 15 is 4.39 Å². The summed E-state index contributed by atoms with van der Waals surface area (Å²) in [7, 11) is 7.34. The van der Waals surface area contributed by atoms with Crippen LogP contribution in [0.15, 0.2) is 71.9 Å². The summed E-state index contributed by atoms with van der Waals surface area (Å²) < 4.78 is 20.6. The first kappa shape index (κ1) is 31.6. The van der Waals surface area contributed by atoms with E-state index in [9.17, 15) is 4.79 Å². The zero-order chi connectivity index (χ0) is 29.8. The van der Waals surface area contributed by atoms with Gasteiger partial charge >= 0.3 is 0 Å². The summed E-state index contributed by atoms with van der Waals surface area (Å²) in [5, 5.41) is 3.72. The third-order valence-corrected chi connectivity index (χ3v) is 7.24. The van der Waals surface area contributed by atoms with Gasteiger partial charge in [0.25, 0.3) is 5.91 Å². The number of rotatable bonds is 9. The van der Waals surface area contributed by atoms with Crippen molar-refractivity contribution in [1.82, 2.24) is 19.8 Å². The van der Waals surface area contributed by atoms with Gasteiger partial charge in [-0.15, -0.1) is 0 Å². The number of ether oxygens (including phenoxy) is 1. The van der Waals surface area contributed by atoms with Crippen LogP contribution in [0.1, 0.15) is 40.9 Å². The fourth-order valence-electron chi connectivity index (χ4n) is 4.91. The minimum absolute atomic E-state index is 0. The van der Waals surface area contributed by atoms with E-state index in [0.717, 1.165) is 24.1 Å². The number of benzene rings is 3.